The van der Waals surface area contributed by atoms with Gasteiger partial charge in [0.2, 0.25) is 0 Å². The summed E-state index contributed by atoms with van der Waals surface area (Å²) in [6.45, 7) is 13.5. The summed E-state index contributed by atoms with van der Waals surface area (Å²) in [4.78, 5) is 0. The van der Waals surface area contributed by atoms with E-state index in [2.05, 4.69) is 49.5 Å². The Morgan fingerprint density at radius 3 is 1.07 bits per heavy atom. The quantitative estimate of drug-likeness (QED) is 0.621. The van der Waals surface area contributed by atoms with Crippen LogP contribution in [-0.2, 0) is 20.2 Å². The van der Waals surface area contributed by atoms with Gasteiger partial charge in [-0.25, -0.2) is 0 Å². The first-order valence-corrected chi connectivity index (χ1v) is 7.46. The van der Waals surface area contributed by atoms with Crippen LogP contribution in [0.5, 0.6) is 0 Å². The highest BCUT2D eigenvalue weighted by Gasteiger charge is 1.67. The van der Waals surface area contributed by atoms with Crippen molar-refractivity contribution in [3.05, 3.63) is 0 Å². The second kappa shape index (κ2) is 16.6. The Morgan fingerprint density at radius 1 is 0.933 bits per heavy atom. The maximum Gasteiger partial charge on any atom is 0.0726 e. The van der Waals surface area contributed by atoms with Gasteiger partial charge >= 0.3 is 0 Å². The van der Waals surface area contributed by atoms with E-state index in [0.29, 0.717) is 0 Å². The van der Waals surface area contributed by atoms with Gasteiger partial charge in [-0.15, -0.1) is 9.05 Å². The summed E-state index contributed by atoms with van der Waals surface area (Å²) in [6, 6.07) is 0. The van der Waals surface area contributed by atoms with Gasteiger partial charge in [0.05, 0.1) is 26.2 Å². The maximum absolute atomic E-state index is 8.89. The van der Waals surface area contributed by atoms with Gasteiger partial charge in [0.15, 0.2) is 0 Å². The fourth-order valence-corrected chi connectivity index (χ4v) is 0.577. The van der Waals surface area contributed by atoms with Crippen molar-refractivity contribution in [3.8, 4) is 0 Å². The number of rotatable bonds is 4. The molecule has 0 heterocycles. The molecule has 0 rings (SSSR count). The first kappa shape index (κ1) is 20.6. The molecule has 0 saturated carbocycles. The van der Waals surface area contributed by atoms with Crippen LogP contribution in [0, 0.1) is 0 Å². The van der Waals surface area contributed by atoms with E-state index >= 15 is 0 Å². The summed E-state index contributed by atoms with van der Waals surface area (Å²) in [6.07, 6.45) is 0. The number of quaternary nitrogens is 2. The molecular formula is C8H24N2O3S2. The monoisotopic (exact) mass is 260 g/mol. The molecule has 0 bridgehead atoms. The van der Waals surface area contributed by atoms with Crippen molar-refractivity contribution in [2.24, 2.45) is 0 Å². The zero-order valence-corrected chi connectivity index (χ0v) is 11.7. The van der Waals surface area contributed by atoms with Crippen molar-refractivity contribution in [2.75, 3.05) is 26.2 Å². The SMILES string of the molecule is CC[NH2+]CC.CC[NH2+]CC.O=S([O-])([O-])=S. The maximum atomic E-state index is 8.89. The standard InChI is InChI=1S/2C4H11N.H2O3S2/c2*1-3-5-4-2;1-5(2,3)4/h2*5H,3-4H2,1-2H3;(H2,1,2,3,4). The minimum absolute atomic E-state index is 1.22. The van der Waals surface area contributed by atoms with Crippen LogP contribution in [0.15, 0.2) is 0 Å². The lowest BCUT2D eigenvalue weighted by Crippen LogP contribution is -2.82. The first-order chi connectivity index (χ1) is 6.83. The van der Waals surface area contributed by atoms with Crippen molar-refractivity contribution in [1.82, 2.24) is 0 Å². The molecule has 15 heavy (non-hydrogen) atoms. The fraction of sp³-hybridized carbons (Fsp3) is 1.00. The zero-order valence-electron chi connectivity index (χ0n) is 10.0. The molecule has 0 aliphatic carbocycles. The van der Waals surface area contributed by atoms with Crippen LogP contribution in [0.3, 0.4) is 0 Å². The van der Waals surface area contributed by atoms with E-state index in [1.165, 1.54) is 26.2 Å². The van der Waals surface area contributed by atoms with E-state index in [4.69, 9.17) is 13.3 Å². The van der Waals surface area contributed by atoms with E-state index in [1.54, 1.807) is 0 Å². The van der Waals surface area contributed by atoms with Crippen LogP contribution in [0.25, 0.3) is 0 Å². The molecule has 0 unspecified atom stereocenters. The number of hydrogen-bond acceptors (Lipinski definition) is 4. The molecule has 96 valence electrons. The molecular weight excluding hydrogens is 236 g/mol. The van der Waals surface area contributed by atoms with Gasteiger partial charge in [-0.05, 0) is 38.9 Å². The zero-order chi connectivity index (χ0) is 12.7. The van der Waals surface area contributed by atoms with E-state index < -0.39 is 9.05 Å². The first-order valence-electron chi connectivity index (χ1n) is 5.13. The van der Waals surface area contributed by atoms with Crippen LogP contribution >= 0.6 is 0 Å². The Balaban J connectivity index is -0.000000144. The van der Waals surface area contributed by atoms with Gasteiger partial charge in [0.1, 0.15) is 0 Å². The second-order valence-corrected chi connectivity index (χ2v) is 4.66. The van der Waals surface area contributed by atoms with Crippen LogP contribution in [0.2, 0.25) is 0 Å². The molecule has 0 aliphatic rings. The molecule has 0 atom stereocenters. The highest BCUT2D eigenvalue weighted by atomic mass is 32.9. The highest BCUT2D eigenvalue weighted by molar-refractivity contribution is 8.26. The molecule has 0 aromatic carbocycles. The van der Waals surface area contributed by atoms with Crippen LogP contribution in [-0.4, -0.2) is 39.5 Å². The van der Waals surface area contributed by atoms with E-state index in [1.807, 2.05) is 0 Å². The van der Waals surface area contributed by atoms with Gasteiger partial charge in [0.25, 0.3) is 0 Å². The smallest absolute Gasteiger partial charge is 0.0726 e. The molecule has 0 saturated heterocycles. The Kier molecular flexibility index (Phi) is 22.8. The molecule has 0 fully saturated rings. The Morgan fingerprint density at radius 2 is 1.07 bits per heavy atom. The van der Waals surface area contributed by atoms with Gasteiger partial charge in [0, 0.05) is 0 Å². The third-order valence-corrected chi connectivity index (χ3v) is 1.15. The molecule has 0 aliphatic heterocycles. The summed E-state index contributed by atoms with van der Waals surface area (Å²) in [5.41, 5.74) is 0. The predicted octanol–water partition coefficient (Wildman–Crippen LogP) is -1.83. The Labute approximate surface area is 98.4 Å². The third-order valence-electron chi connectivity index (χ3n) is 1.15. The number of nitrogens with two attached hydrogens (primary N) is 2. The molecule has 4 N–H and O–H groups in total. The lowest BCUT2D eigenvalue weighted by Gasteiger charge is -2.12. The molecule has 0 amide bonds. The normalized spacial score (nSPS) is 9.47. The lowest BCUT2D eigenvalue weighted by molar-refractivity contribution is -0.648. The molecule has 0 aromatic rings. The van der Waals surface area contributed by atoms with Crippen molar-refractivity contribution in [2.45, 2.75) is 27.7 Å². The summed E-state index contributed by atoms with van der Waals surface area (Å²) in [5, 5.41) is 4.50. The predicted molar refractivity (Wildman–Crippen MR) is 63.1 cm³/mol. The topological polar surface area (TPSA) is 96.4 Å². The highest BCUT2D eigenvalue weighted by Crippen LogP contribution is 1.60. The third kappa shape index (κ3) is 120. The van der Waals surface area contributed by atoms with Gasteiger partial charge in [-0.2, -0.15) is 0 Å². The average Bonchev–Trinajstić information content (AvgIpc) is 2.05. The molecule has 5 nitrogen and oxygen atoms in total. The molecule has 0 spiro atoms. The Hall–Kier alpha value is 0.210. The van der Waals surface area contributed by atoms with Crippen LogP contribution < -0.4 is 10.6 Å². The molecule has 0 aromatic heterocycles. The summed E-state index contributed by atoms with van der Waals surface area (Å²) in [5.74, 6) is 0. The van der Waals surface area contributed by atoms with E-state index in [9.17, 15) is 0 Å². The number of hydrogen-bond donors (Lipinski definition) is 2. The van der Waals surface area contributed by atoms with Crippen LogP contribution in [0.1, 0.15) is 27.7 Å². The minimum Gasteiger partial charge on any atom is -0.780 e. The average molecular weight is 260 g/mol. The van der Waals surface area contributed by atoms with Gasteiger partial charge in [-0.1, -0.05) is 0 Å². The summed E-state index contributed by atoms with van der Waals surface area (Å²) in [7, 11) is -4.33. The fourth-order valence-electron chi connectivity index (χ4n) is 0.577. The van der Waals surface area contributed by atoms with Crippen molar-refractivity contribution >= 4 is 20.2 Å². The van der Waals surface area contributed by atoms with E-state index in [-0.39, 0.29) is 0 Å². The summed E-state index contributed by atoms with van der Waals surface area (Å²) >= 11 is 3.24. The second-order valence-electron chi connectivity index (χ2n) is 2.62. The minimum atomic E-state index is -4.33. The van der Waals surface area contributed by atoms with Crippen molar-refractivity contribution < 1.29 is 23.9 Å². The molecule has 7 heteroatoms. The summed E-state index contributed by atoms with van der Waals surface area (Å²) < 4.78 is 26.7. The molecule has 0 radical (unpaired) electrons. The van der Waals surface area contributed by atoms with E-state index in [0.717, 1.165) is 0 Å². The Bertz CT molecular complexity index is 166. The van der Waals surface area contributed by atoms with Gasteiger partial charge < -0.3 is 19.7 Å². The van der Waals surface area contributed by atoms with Crippen molar-refractivity contribution in [3.63, 3.8) is 0 Å². The van der Waals surface area contributed by atoms with Crippen molar-refractivity contribution in [1.29, 1.82) is 0 Å². The largest absolute Gasteiger partial charge is 0.780 e. The van der Waals surface area contributed by atoms with Gasteiger partial charge in [-0.3, -0.25) is 4.21 Å². The lowest BCUT2D eigenvalue weighted by atomic mass is 10.7. The van der Waals surface area contributed by atoms with Crippen LogP contribution in [0.4, 0.5) is 0 Å².